The number of halogens is 1. The Morgan fingerprint density at radius 1 is 1.09 bits per heavy atom. The second kappa shape index (κ2) is 8.78. The second-order valence-corrected chi connectivity index (χ2v) is 4.91. The third-order valence-corrected chi connectivity index (χ3v) is 3.08. The average molecular weight is 317 g/mol. The van der Waals surface area contributed by atoms with Gasteiger partial charge in [0, 0.05) is 0 Å². The van der Waals surface area contributed by atoms with E-state index in [4.69, 9.17) is 9.47 Å². The predicted molar refractivity (Wildman–Crippen MR) is 86.2 cm³/mol. The summed E-state index contributed by atoms with van der Waals surface area (Å²) in [4.78, 5) is 11.7. The number of benzene rings is 2. The number of amides is 1. The van der Waals surface area contributed by atoms with E-state index in [9.17, 15) is 9.18 Å². The summed E-state index contributed by atoms with van der Waals surface area (Å²) in [5.41, 5.74) is 0.648. The van der Waals surface area contributed by atoms with Gasteiger partial charge in [-0.2, -0.15) is 0 Å². The molecule has 0 saturated carbocycles. The normalized spacial score (nSPS) is 10.2. The molecule has 0 bridgehead atoms. The molecule has 1 N–H and O–H groups in total. The van der Waals surface area contributed by atoms with Crippen LogP contribution in [0.2, 0.25) is 0 Å². The van der Waals surface area contributed by atoms with E-state index in [1.807, 2.05) is 31.2 Å². The molecule has 23 heavy (non-hydrogen) atoms. The molecule has 2 aromatic carbocycles. The van der Waals surface area contributed by atoms with E-state index in [1.54, 1.807) is 12.1 Å². The zero-order chi connectivity index (χ0) is 16.5. The van der Waals surface area contributed by atoms with Crippen molar-refractivity contribution in [1.29, 1.82) is 0 Å². The van der Waals surface area contributed by atoms with E-state index in [-0.39, 0.29) is 18.1 Å². The first-order valence-electron chi connectivity index (χ1n) is 7.54. The van der Waals surface area contributed by atoms with Crippen LogP contribution >= 0.6 is 0 Å². The fourth-order valence-electron chi connectivity index (χ4n) is 2.05. The van der Waals surface area contributed by atoms with Crippen molar-refractivity contribution < 1.29 is 18.7 Å². The largest absolute Gasteiger partial charge is 0.494 e. The molecule has 0 fully saturated rings. The quantitative estimate of drug-likeness (QED) is 0.762. The summed E-state index contributed by atoms with van der Waals surface area (Å²) in [7, 11) is 0. The van der Waals surface area contributed by atoms with Crippen LogP contribution in [0, 0.1) is 5.82 Å². The third-order valence-electron chi connectivity index (χ3n) is 3.08. The van der Waals surface area contributed by atoms with Gasteiger partial charge in [0.15, 0.2) is 0 Å². The fourth-order valence-corrected chi connectivity index (χ4v) is 2.05. The van der Waals surface area contributed by atoms with Crippen molar-refractivity contribution in [3.8, 4) is 11.5 Å². The number of nitrogens with one attached hydrogen (secondary N) is 1. The Morgan fingerprint density at radius 3 is 2.43 bits per heavy atom. The summed E-state index contributed by atoms with van der Waals surface area (Å²) in [5.74, 6) is 1.01. The van der Waals surface area contributed by atoms with Gasteiger partial charge in [-0.25, -0.2) is 4.39 Å². The van der Waals surface area contributed by atoms with Gasteiger partial charge >= 0.3 is 0 Å². The maximum absolute atomic E-state index is 13.0. The first-order valence-corrected chi connectivity index (χ1v) is 7.54. The van der Waals surface area contributed by atoms with Crippen LogP contribution in [-0.2, 0) is 11.2 Å². The van der Waals surface area contributed by atoms with Gasteiger partial charge in [0.25, 0.3) is 0 Å². The molecule has 0 saturated heterocycles. The zero-order valence-corrected chi connectivity index (χ0v) is 13.0. The van der Waals surface area contributed by atoms with Crippen LogP contribution in [0.5, 0.6) is 11.5 Å². The molecule has 0 aliphatic rings. The number of hydrogen-bond donors (Lipinski definition) is 1. The molecule has 0 aliphatic heterocycles. The minimum atomic E-state index is -0.339. The molecule has 0 spiro atoms. The molecular formula is C18H20FNO3. The van der Waals surface area contributed by atoms with Crippen molar-refractivity contribution in [1.82, 2.24) is 5.32 Å². The van der Waals surface area contributed by atoms with Gasteiger partial charge < -0.3 is 14.8 Å². The molecule has 2 rings (SSSR count). The van der Waals surface area contributed by atoms with Gasteiger partial charge in [-0.1, -0.05) is 12.1 Å². The van der Waals surface area contributed by atoms with Crippen molar-refractivity contribution in [3.63, 3.8) is 0 Å². The van der Waals surface area contributed by atoms with Crippen LogP contribution in [0.25, 0.3) is 0 Å². The summed E-state index contributed by atoms with van der Waals surface area (Å²) < 4.78 is 23.9. The first-order chi connectivity index (χ1) is 11.2. The molecule has 2 aromatic rings. The topological polar surface area (TPSA) is 47.6 Å². The molecule has 122 valence electrons. The maximum Gasteiger partial charge on any atom is 0.224 e. The molecular weight excluding hydrogens is 297 g/mol. The highest BCUT2D eigenvalue weighted by Gasteiger charge is 2.04. The minimum Gasteiger partial charge on any atom is -0.494 e. The van der Waals surface area contributed by atoms with Gasteiger partial charge in [-0.3, -0.25) is 4.79 Å². The third kappa shape index (κ3) is 5.98. The Bertz CT molecular complexity index is 628. The Balaban J connectivity index is 1.67. The molecule has 0 heterocycles. The van der Waals surface area contributed by atoms with Gasteiger partial charge in [-0.05, 0) is 48.9 Å². The van der Waals surface area contributed by atoms with Crippen molar-refractivity contribution in [2.24, 2.45) is 0 Å². The summed E-state index contributed by atoms with van der Waals surface area (Å²) in [6.45, 7) is 3.30. The molecule has 5 heteroatoms. The maximum atomic E-state index is 13.0. The van der Waals surface area contributed by atoms with Crippen LogP contribution in [0.1, 0.15) is 12.5 Å². The SMILES string of the molecule is CCOc1ccc(OCCNC(=O)Cc2cccc(F)c2)cc1. The van der Waals surface area contributed by atoms with Gasteiger partial charge in [-0.15, -0.1) is 0 Å². The molecule has 0 aliphatic carbocycles. The number of ether oxygens (including phenoxy) is 2. The van der Waals surface area contributed by atoms with Crippen LogP contribution in [0.3, 0.4) is 0 Å². The Morgan fingerprint density at radius 2 is 1.78 bits per heavy atom. The lowest BCUT2D eigenvalue weighted by molar-refractivity contribution is -0.120. The van der Waals surface area contributed by atoms with Gasteiger partial charge in [0.1, 0.15) is 23.9 Å². The minimum absolute atomic E-state index is 0.154. The lowest BCUT2D eigenvalue weighted by atomic mass is 10.1. The van der Waals surface area contributed by atoms with Crippen molar-refractivity contribution in [2.75, 3.05) is 19.8 Å². The summed E-state index contributed by atoms with van der Waals surface area (Å²) >= 11 is 0. The van der Waals surface area contributed by atoms with E-state index in [1.165, 1.54) is 12.1 Å². The molecule has 0 radical (unpaired) electrons. The highest BCUT2D eigenvalue weighted by molar-refractivity contribution is 5.78. The van der Waals surface area contributed by atoms with Crippen molar-refractivity contribution in [3.05, 3.63) is 59.9 Å². The smallest absolute Gasteiger partial charge is 0.224 e. The second-order valence-electron chi connectivity index (χ2n) is 4.91. The van der Waals surface area contributed by atoms with E-state index in [0.717, 1.165) is 5.75 Å². The Hall–Kier alpha value is -2.56. The summed E-state index contributed by atoms with van der Waals surface area (Å²) in [5, 5.41) is 2.74. The summed E-state index contributed by atoms with van der Waals surface area (Å²) in [6.07, 6.45) is 0.154. The lowest BCUT2D eigenvalue weighted by Crippen LogP contribution is -2.29. The molecule has 4 nitrogen and oxygen atoms in total. The number of hydrogen-bond acceptors (Lipinski definition) is 3. The van der Waals surface area contributed by atoms with E-state index >= 15 is 0 Å². The molecule has 0 unspecified atom stereocenters. The van der Waals surface area contributed by atoms with E-state index < -0.39 is 0 Å². The molecule has 1 amide bonds. The number of carbonyl (C=O) groups excluding carboxylic acids is 1. The van der Waals surface area contributed by atoms with Crippen LogP contribution < -0.4 is 14.8 Å². The number of rotatable bonds is 8. The highest BCUT2D eigenvalue weighted by Crippen LogP contribution is 2.17. The van der Waals surface area contributed by atoms with E-state index in [0.29, 0.717) is 31.1 Å². The van der Waals surface area contributed by atoms with Crippen molar-refractivity contribution >= 4 is 5.91 Å². The van der Waals surface area contributed by atoms with Gasteiger partial charge in [0.2, 0.25) is 5.91 Å². The Kier molecular flexibility index (Phi) is 6.41. The van der Waals surface area contributed by atoms with Crippen molar-refractivity contribution in [2.45, 2.75) is 13.3 Å². The monoisotopic (exact) mass is 317 g/mol. The predicted octanol–water partition coefficient (Wildman–Crippen LogP) is 2.96. The molecule has 0 atom stereocenters. The van der Waals surface area contributed by atoms with Gasteiger partial charge in [0.05, 0.1) is 19.6 Å². The Labute approximate surface area is 135 Å². The lowest BCUT2D eigenvalue weighted by Gasteiger charge is -2.09. The number of carbonyl (C=O) groups is 1. The van der Waals surface area contributed by atoms with E-state index in [2.05, 4.69) is 5.32 Å². The fraction of sp³-hybridized carbons (Fsp3) is 0.278. The average Bonchev–Trinajstić information content (AvgIpc) is 2.53. The van der Waals surface area contributed by atoms with Crippen LogP contribution in [0.4, 0.5) is 4.39 Å². The summed E-state index contributed by atoms with van der Waals surface area (Å²) in [6, 6.07) is 13.3. The van der Waals surface area contributed by atoms with Crippen LogP contribution in [0.15, 0.2) is 48.5 Å². The highest BCUT2D eigenvalue weighted by atomic mass is 19.1. The zero-order valence-electron chi connectivity index (χ0n) is 13.0. The first kappa shape index (κ1) is 16.8. The standard InChI is InChI=1S/C18H20FNO3/c1-2-22-16-6-8-17(9-7-16)23-11-10-20-18(21)13-14-4-3-5-15(19)12-14/h3-9,12H,2,10-11,13H2,1H3,(H,20,21). The molecule has 0 aromatic heterocycles. The van der Waals surface area contributed by atoms with Crippen LogP contribution in [-0.4, -0.2) is 25.7 Å².